The van der Waals surface area contributed by atoms with Crippen LogP contribution < -0.4 is 0 Å². The number of hydrogen-bond acceptors (Lipinski definition) is 2. The predicted molar refractivity (Wildman–Crippen MR) is 90.6 cm³/mol. The van der Waals surface area contributed by atoms with E-state index in [1.807, 2.05) is 12.1 Å². The molecule has 2 aromatic carbocycles. The average molecular weight is 288 g/mol. The Labute approximate surface area is 128 Å². The van der Waals surface area contributed by atoms with Crippen LogP contribution >= 0.6 is 12.6 Å². The zero-order chi connectivity index (χ0) is 14.8. The topological polar surface area (TPSA) is 20.2 Å². The molecule has 0 aliphatic heterocycles. The fourth-order valence-corrected chi connectivity index (χ4v) is 2.14. The Hall–Kier alpha value is -1.41. The number of hydrogen-bond donors (Lipinski definition) is 2. The SMILES string of the molecule is CC(C)Cc1ccccc1.Oc1ccc(CCS)cc1. The zero-order valence-electron chi connectivity index (χ0n) is 12.3. The second-order valence-corrected chi connectivity index (χ2v) is 5.67. The Balaban J connectivity index is 0.000000200. The van der Waals surface area contributed by atoms with Crippen LogP contribution in [0.25, 0.3) is 0 Å². The Morgan fingerprint density at radius 2 is 1.50 bits per heavy atom. The van der Waals surface area contributed by atoms with Gasteiger partial charge in [-0.1, -0.05) is 56.3 Å². The molecular weight excluding hydrogens is 264 g/mol. The Kier molecular flexibility index (Phi) is 7.89. The van der Waals surface area contributed by atoms with Crippen molar-refractivity contribution in [1.29, 1.82) is 0 Å². The third kappa shape index (κ3) is 7.25. The number of aryl methyl sites for hydroxylation is 1. The van der Waals surface area contributed by atoms with Crippen LogP contribution in [0.15, 0.2) is 54.6 Å². The summed E-state index contributed by atoms with van der Waals surface area (Å²) in [6.07, 6.45) is 2.16. The lowest BCUT2D eigenvalue weighted by Crippen LogP contribution is -1.92. The summed E-state index contributed by atoms with van der Waals surface area (Å²) in [4.78, 5) is 0. The standard InChI is InChI=1S/C10H14.C8H10OS/c1-9(2)8-10-6-4-3-5-7-10;9-8-3-1-7(2-4-8)5-6-10/h3-7,9H,8H2,1-2H3;1-4,9-10H,5-6H2. The fourth-order valence-electron chi connectivity index (χ4n) is 1.88. The maximum absolute atomic E-state index is 8.91. The van der Waals surface area contributed by atoms with Crippen LogP contribution in [-0.2, 0) is 12.8 Å². The Morgan fingerprint density at radius 1 is 0.900 bits per heavy atom. The van der Waals surface area contributed by atoms with Gasteiger partial charge in [-0.05, 0) is 47.8 Å². The van der Waals surface area contributed by atoms with Crippen LogP contribution in [0.3, 0.4) is 0 Å². The van der Waals surface area contributed by atoms with Crippen LogP contribution in [0, 0.1) is 5.92 Å². The molecule has 0 unspecified atom stereocenters. The van der Waals surface area contributed by atoms with Crippen LogP contribution in [0.1, 0.15) is 25.0 Å². The lowest BCUT2D eigenvalue weighted by molar-refractivity contribution is 0.475. The van der Waals surface area contributed by atoms with Crippen molar-refractivity contribution in [3.05, 3.63) is 65.7 Å². The van der Waals surface area contributed by atoms with Crippen molar-refractivity contribution in [2.75, 3.05) is 5.75 Å². The first-order chi connectivity index (χ1) is 9.61. The van der Waals surface area contributed by atoms with Crippen molar-refractivity contribution in [1.82, 2.24) is 0 Å². The molecule has 0 aliphatic carbocycles. The third-order valence-electron chi connectivity index (χ3n) is 2.82. The van der Waals surface area contributed by atoms with Gasteiger partial charge in [-0.2, -0.15) is 12.6 Å². The van der Waals surface area contributed by atoms with E-state index in [1.165, 1.54) is 17.5 Å². The number of phenols is 1. The number of rotatable bonds is 4. The van der Waals surface area contributed by atoms with Gasteiger partial charge in [0.05, 0.1) is 0 Å². The van der Waals surface area contributed by atoms with Gasteiger partial charge in [0.25, 0.3) is 0 Å². The van der Waals surface area contributed by atoms with Gasteiger partial charge in [-0.25, -0.2) is 0 Å². The molecule has 2 aromatic rings. The molecule has 0 saturated heterocycles. The average Bonchev–Trinajstić information content (AvgIpc) is 2.43. The van der Waals surface area contributed by atoms with Gasteiger partial charge in [0.15, 0.2) is 0 Å². The summed E-state index contributed by atoms with van der Waals surface area (Å²) < 4.78 is 0. The van der Waals surface area contributed by atoms with Gasteiger partial charge < -0.3 is 5.11 Å². The Bertz CT molecular complexity index is 463. The summed E-state index contributed by atoms with van der Waals surface area (Å²) in [5.41, 5.74) is 2.66. The maximum Gasteiger partial charge on any atom is 0.115 e. The molecule has 0 aromatic heterocycles. The first-order valence-corrected chi connectivity index (χ1v) is 7.67. The largest absolute Gasteiger partial charge is 0.508 e. The minimum atomic E-state index is 0.322. The highest BCUT2D eigenvalue weighted by molar-refractivity contribution is 7.80. The second kappa shape index (κ2) is 9.49. The van der Waals surface area contributed by atoms with Gasteiger partial charge >= 0.3 is 0 Å². The van der Waals surface area contributed by atoms with E-state index in [0.717, 1.165) is 18.1 Å². The first kappa shape index (κ1) is 16.6. The highest BCUT2D eigenvalue weighted by atomic mass is 32.1. The van der Waals surface area contributed by atoms with Crippen LogP contribution in [0.4, 0.5) is 0 Å². The quantitative estimate of drug-likeness (QED) is 0.778. The van der Waals surface area contributed by atoms with Crippen LogP contribution in [-0.4, -0.2) is 10.9 Å². The summed E-state index contributed by atoms with van der Waals surface area (Å²) in [6, 6.07) is 17.8. The number of benzene rings is 2. The van der Waals surface area contributed by atoms with Crippen molar-refractivity contribution < 1.29 is 5.11 Å². The number of thiol groups is 1. The minimum absolute atomic E-state index is 0.322. The molecule has 0 atom stereocenters. The molecule has 0 amide bonds. The van der Waals surface area contributed by atoms with E-state index in [1.54, 1.807) is 12.1 Å². The van der Waals surface area contributed by atoms with Crippen molar-refractivity contribution in [2.45, 2.75) is 26.7 Å². The maximum atomic E-state index is 8.91. The molecule has 2 rings (SSSR count). The highest BCUT2D eigenvalue weighted by Gasteiger charge is 1.94. The van der Waals surface area contributed by atoms with Crippen LogP contribution in [0.5, 0.6) is 5.75 Å². The Morgan fingerprint density at radius 3 is 2.00 bits per heavy atom. The van der Waals surface area contributed by atoms with Crippen molar-refractivity contribution >= 4 is 12.6 Å². The molecule has 20 heavy (non-hydrogen) atoms. The van der Waals surface area contributed by atoms with E-state index < -0.39 is 0 Å². The van der Waals surface area contributed by atoms with E-state index in [-0.39, 0.29) is 0 Å². The minimum Gasteiger partial charge on any atom is -0.508 e. The molecule has 0 saturated carbocycles. The molecule has 0 aliphatic rings. The molecule has 0 fully saturated rings. The van der Waals surface area contributed by atoms with Crippen molar-refractivity contribution in [3.63, 3.8) is 0 Å². The third-order valence-corrected chi connectivity index (χ3v) is 3.05. The van der Waals surface area contributed by atoms with Crippen molar-refractivity contribution in [3.8, 4) is 5.75 Å². The normalized spacial score (nSPS) is 10.0. The van der Waals surface area contributed by atoms with Crippen molar-refractivity contribution in [2.24, 2.45) is 5.92 Å². The molecule has 2 heteroatoms. The van der Waals surface area contributed by atoms with Gasteiger partial charge in [0.1, 0.15) is 5.75 Å². The van der Waals surface area contributed by atoms with Gasteiger partial charge in [-0.15, -0.1) is 0 Å². The molecule has 0 bridgehead atoms. The lowest BCUT2D eigenvalue weighted by Gasteiger charge is -2.02. The monoisotopic (exact) mass is 288 g/mol. The zero-order valence-corrected chi connectivity index (χ0v) is 13.2. The van der Waals surface area contributed by atoms with Gasteiger partial charge in [0, 0.05) is 0 Å². The molecule has 0 heterocycles. The molecule has 1 nitrogen and oxygen atoms in total. The summed E-state index contributed by atoms with van der Waals surface area (Å²) in [5, 5.41) is 8.91. The van der Waals surface area contributed by atoms with E-state index in [9.17, 15) is 0 Å². The summed E-state index contributed by atoms with van der Waals surface area (Å²) in [5.74, 6) is 1.94. The first-order valence-electron chi connectivity index (χ1n) is 7.04. The molecule has 0 spiro atoms. The van der Waals surface area contributed by atoms with E-state index >= 15 is 0 Å². The van der Waals surface area contributed by atoms with Gasteiger partial charge in [0.2, 0.25) is 0 Å². The molecule has 108 valence electrons. The molecular formula is C18H24OS. The smallest absolute Gasteiger partial charge is 0.115 e. The summed E-state index contributed by atoms with van der Waals surface area (Å²) in [6.45, 7) is 4.49. The summed E-state index contributed by atoms with van der Waals surface area (Å²) >= 11 is 4.10. The van der Waals surface area contributed by atoms with E-state index in [0.29, 0.717) is 5.75 Å². The lowest BCUT2D eigenvalue weighted by atomic mass is 10.0. The number of aromatic hydroxyl groups is 1. The predicted octanol–water partition coefficient (Wildman–Crippen LogP) is 4.75. The molecule has 1 N–H and O–H groups in total. The van der Waals surface area contributed by atoms with E-state index in [4.69, 9.17) is 5.11 Å². The van der Waals surface area contributed by atoms with Crippen LogP contribution in [0.2, 0.25) is 0 Å². The summed E-state index contributed by atoms with van der Waals surface area (Å²) in [7, 11) is 0. The molecule has 0 radical (unpaired) electrons. The highest BCUT2D eigenvalue weighted by Crippen LogP contribution is 2.10. The second-order valence-electron chi connectivity index (χ2n) is 5.22. The van der Waals surface area contributed by atoms with Gasteiger partial charge in [-0.3, -0.25) is 0 Å². The van der Waals surface area contributed by atoms with E-state index in [2.05, 4.69) is 56.8 Å². The number of phenolic OH excluding ortho intramolecular Hbond substituents is 1. The fraction of sp³-hybridized carbons (Fsp3) is 0.333.